The van der Waals surface area contributed by atoms with Crippen molar-refractivity contribution in [2.75, 3.05) is 6.54 Å². The second kappa shape index (κ2) is 6.08. The Morgan fingerprint density at radius 1 is 1.36 bits per heavy atom. The number of fused-ring (bicyclic) bond motifs is 2. The monoisotopic (exact) mass is 359 g/mol. The number of carbonyl (C=O) groups excluding carboxylic acids is 1. The van der Waals surface area contributed by atoms with Crippen LogP contribution in [0.15, 0.2) is 28.5 Å². The fourth-order valence-corrected chi connectivity index (χ4v) is 3.76. The molecule has 3 aromatic heterocycles. The van der Waals surface area contributed by atoms with Gasteiger partial charge in [-0.1, -0.05) is 0 Å². The summed E-state index contributed by atoms with van der Waals surface area (Å²) in [5, 5.41) is 15.9. The summed E-state index contributed by atoms with van der Waals surface area (Å²) in [5.74, 6) is -0.207. The summed E-state index contributed by atoms with van der Waals surface area (Å²) in [6, 6.07) is 3.11. The van der Waals surface area contributed by atoms with Crippen LogP contribution < -0.4 is 5.56 Å². The average Bonchev–Trinajstić information content (AvgIpc) is 3.15. The molecule has 0 aromatic carbocycles. The second-order valence-electron chi connectivity index (χ2n) is 6.08. The molecule has 1 N–H and O–H groups in total. The highest BCUT2D eigenvalue weighted by Gasteiger charge is 2.24. The van der Waals surface area contributed by atoms with Gasteiger partial charge in [-0.05, 0) is 19.4 Å². The Bertz CT molecular complexity index is 1000. The Morgan fingerprint density at radius 3 is 3.00 bits per heavy atom. The second-order valence-corrected chi connectivity index (χ2v) is 6.95. The molecule has 1 amide bonds. The van der Waals surface area contributed by atoms with Crippen LogP contribution in [0.2, 0.25) is 0 Å². The Balaban J connectivity index is 1.69. The first-order valence-corrected chi connectivity index (χ1v) is 8.92. The molecule has 130 valence electrons. The molecular formula is C16H17N5O3S. The van der Waals surface area contributed by atoms with E-state index in [-0.39, 0.29) is 5.91 Å². The van der Waals surface area contributed by atoms with Crippen molar-refractivity contribution in [1.82, 2.24) is 24.1 Å². The predicted molar refractivity (Wildman–Crippen MR) is 91.6 cm³/mol. The third-order valence-electron chi connectivity index (χ3n) is 4.28. The van der Waals surface area contributed by atoms with Gasteiger partial charge in [-0.2, -0.15) is 10.1 Å². The molecule has 0 radical (unpaired) electrons. The maximum atomic E-state index is 13.0. The largest absolute Gasteiger partial charge is 0.387 e. The fourth-order valence-electron chi connectivity index (χ4n) is 3.04. The number of aryl methyl sites for hydroxylation is 1. The van der Waals surface area contributed by atoms with Gasteiger partial charge in [-0.25, -0.2) is 0 Å². The van der Waals surface area contributed by atoms with Gasteiger partial charge < -0.3 is 10.0 Å². The number of rotatable bonds is 2. The average molecular weight is 359 g/mol. The smallest absolute Gasteiger partial charge is 0.274 e. The molecule has 9 heteroatoms. The van der Waals surface area contributed by atoms with Crippen molar-refractivity contribution in [3.63, 3.8) is 0 Å². The summed E-state index contributed by atoms with van der Waals surface area (Å²) in [6.07, 6.45) is 1.85. The van der Waals surface area contributed by atoms with Crippen LogP contribution in [0, 0.1) is 0 Å². The molecule has 0 saturated heterocycles. The molecule has 8 nitrogen and oxygen atoms in total. The van der Waals surface area contributed by atoms with Crippen LogP contribution in [0.1, 0.15) is 41.3 Å². The fraction of sp³-hybridized carbons (Fsp3) is 0.375. The van der Waals surface area contributed by atoms with E-state index >= 15 is 0 Å². The molecule has 0 saturated carbocycles. The normalized spacial score (nSPS) is 15.8. The number of hydrogen-bond acceptors (Lipinski definition) is 6. The Hall–Kier alpha value is -2.52. The molecule has 3 aromatic rings. The molecule has 0 fully saturated rings. The van der Waals surface area contributed by atoms with Crippen molar-refractivity contribution >= 4 is 22.2 Å². The Labute approximate surface area is 147 Å². The minimum absolute atomic E-state index is 0.207. The zero-order valence-corrected chi connectivity index (χ0v) is 14.4. The topological polar surface area (TPSA) is 92.7 Å². The van der Waals surface area contributed by atoms with Crippen molar-refractivity contribution in [3.8, 4) is 0 Å². The van der Waals surface area contributed by atoms with E-state index in [1.165, 1.54) is 17.4 Å². The van der Waals surface area contributed by atoms with Gasteiger partial charge >= 0.3 is 0 Å². The highest BCUT2D eigenvalue weighted by molar-refractivity contribution is 7.15. The van der Waals surface area contributed by atoms with Crippen LogP contribution in [-0.2, 0) is 13.1 Å². The molecule has 0 aliphatic carbocycles. The van der Waals surface area contributed by atoms with Crippen LogP contribution in [-0.4, -0.2) is 41.6 Å². The molecule has 0 unspecified atom stereocenters. The molecule has 0 bridgehead atoms. The van der Waals surface area contributed by atoms with Gasteiger partial charge in [0, 0.05) is 30.7 Å². The van der Waals surface area contributed by atoms with Crippen molar-refractivity contribution in [1.29, 1.82) is 0 Å². The van der Waals surface area contributed by atoms with Gasteiger partial charge in [0.25, 0.3) is 11.5 Å². The maximum Gasteiger partial charge on any atom is 0.274 e. The molecule has 4 heterocycles. The van der Waals surface area contributed by atoms with Crippen LogP contribution in [0.25, 0.3) is 4.96 Å². The van der Waals surface area contributed by atoms with Gasteiger partial charge in [0.2, 0.25) is 0 Å². The van der Waals surface area contributed by atoms with Crippen LogP contribution in [0.3, 0.4) is 0 Å². The van der Waals surface area contributed by atoms with Crippen molar-refractivity contribution < 1.29 is 9.90 Å². The number of carbonyl (C=O) groups is 1. The zero-order valence-electron chi connectivity index (χ0n) is 13.6. The molecule has 4 rings (SSSR count). The lowest BCUT2D eigenvalue weighted by atomic mass is 10.2. The summed E-state index contributed by atoms with van der Waals surface area (Å²) in [5.41, 5.74) is 1.39. The molecule has 0 spiro atoms. The summed E-state index contributed by atoms with van der Waals surface area (Å²) >= 11 is 1.32. The minimum Gasteiger partial charge on any atom is -0.387 e. The number of aliphatic hydroxyl groups is 1. The van der Waals surface area contributed by atoms with E-state index in [9.17, 15) is 14.7 Å². The van der Waals surface area contributed by atoms with E-state index in [1.807, 2.05) is 10.7 Å². The highest BCUT2D eigenvalue weighted by Crippen LogP contribution is 2.20. The number of thiazole rings is 1. The van der Waals surface area contributed by atoms with Crippen LogP contribution >= 0.6 is 11.3 Å². The quantitative estimate of drug-likeness (QED) is 0.738. The van der Waals surface area contributed by atoms with E-state index in [1.54, 1.807) is 27.8 Å². The van der Waals surface area contributed by atoms with Gasteiger partial charge in [0.15, 0.2) is 4.96 Å². The molecular weight excluding hydrogens is 342 g/mol. The number of aromatic nitrogens is 4. The lowest BCUT2D eigenvalue weighted by molar-refractivity contribution is 0.0738. The van der Waals surface area contributed by atoms with Crippen molar-refractivity contribution in [2.45, 2.75) is 32.5 Å². The zero-order chi connectivity index (χ0) is 17.6. The summed E-state index contributed by atoms with van der Waals surface area (Å²) < 4.78 is 3.49. The molecule has 1 atom stereocenters. The van der Waals surface area contributed by atoms with Gasteiger partial charge in [0.1, 0.15) is 5.69 Å². The lowest BCUT2D eigenvalue weighted by Crippen LogP contribution is -2.33. The highest BCUT2D eigenvalue weighted by atomic mass is 32.1. The molecule has 25 heavy (non-hydrogen) atoms. The van der Waals surface area contributed by atoms with E-state index in [2.05, 4.69) is 10.1 Å². The number of hydrogen-bond donors (Lipinski definition) is 1. The SMILES string of the molecule is C[C@@H](O)c1cc2n(n1)CCCN(C(=O)c1cc(=O)nc3sccn13)C2. The standard InChI is InChI=1S/C16H17N5O3S/c1-10(22)12-7-11-9-19(3-2-4-21(11)18-12)15(24)13-8-14(23)17-16-20(13)5-6-25-16/h5-8,10,22H,2-4,9H2,1H3/t10-/m1/s1. The maximum absolute atomic E-state index is 13.0. The first-order valence-electron chi connectivity index (χ1n) is 8.04. The van der Waals surface area contributed by atoms with Gasteiger partial charge in [0.05, 0.1) is 24.0 Å². The van der Waals surface area contributed by atoms with E-state index in [4.69, 9.17) is 0 Å². The third kappa shape index (κ3) is 2.85. The Morgan fingerprint density at radius 2 is 2.20 bits per heavy atom. The summed E-state index contributed by atoms with van der Waals surface area (Å²) in [6.45, 7) is 3.33. The lowest BCUT2D eigenvalue weighted by Gasteiger charge is -2.20. The van der Waals surface area contributed by atoms with E-state index in [0.717, 1.165) is 12.1 Å². The van der Waals surface area contributed by atoms with Crippen LogP contribution in [0.5, 0.6) is 0 Å². The minimum atomic E-state index is -0.646. The molecule has 1 aliphatic rings. The molecule has 1 aliphatic heterocycles. The Kier molecular flexibility index (Phi) is 3.89. The number of aliphatic hydroxyl groups excluding tert-OH is 1. The van der Waals surface area contributed by atoms with Crippen molar-refractivity contribution in [3.05, 3.63) is 51.1 Å². The van der Waals surface area contributed by atoms with Crippen LogP contribution in [0.4, 0.5) is 0 Å². The first kappa shape index (κ1) is 16.0. The van der Waals surface area contributed by atoms with Gasteiger partial charge in [-0.3, -0.25) is 18.7 Å². The van der Waals surface area contributed by atoms with E-state index in [0.29, 0.717) is 36.0 Å². The van der Waals surface area contributed by atoms with Crippen molar-refractivity contribution in [2.24, 2.45) is 0 Å². The third-order valence-corrected chi connectivity index (χ3v) is 5.04. The summed E-state index contributed by atoms with van der Waals surface area (Å²) in [7, 11) is 0. The predicted octanol–water partition coefficient (Wildman–Crippen LogP) is 1.05. The number of amides is 1. The van der Waals surface area contributed by atoms with E-state index < -0.39 is 11.7 Å². The first-order chi connectivity index (χ1) is 12.0. The van der Waals surface area contributed by atoms with Gasteiger partial charge in [-0.15, -0.1) is 11.3 Å². The summed E-state index contributed by atoms with van der Waals surface area (Å²) in [4.78, 5) is 31.0. The number of nitrogens with zero attached hydrogens (tertiary/aromatic N) is 5.